The molecular weight excluding hydrogens is 314 g/mol. The van der Waals surface area contributed by atoms with E-state index < -0.39 is 0 Å². The lowest BCUT2D eigenvalue weighted by atomic mass is 9.92. The van der Waals surface area contributed by atoms with Crippen LogP contribution in [0.3, 0.4) is 0 Å². The number of carbonyl (C=O) groups excluding carboxylic acids is 1. The van der Waals surface area contributed by atoms with Gasteiger partial charge in [-0.15, -0.1) is 0 Å². The highest BCUT2D eigenvalue weighted by molar-refractivity contribution is 5.85. The van der Waals surface area contributed by atoms with E-state index in [0.717, 1.165) is 12.0 Å². The third-order valence-corrected chi connectivity index (χ3v) is 5.75. The molecule has 3 aliphatic rings. The van der Waals surface area contributed by atoms with Gasteiger partial charge in [0.05, 0.1) is 0 Å². The van der Waals surface area contributed by atoms with Gasteiger partial charge in [0.2, 0.25) is 5.91 Å². The summed E-state index contributed by atoms with van der Waals surface area (Å²) in [5, 5.41) is 7.05. The van der Waals surface area contributed by atoms with E-state index in [2.05, 4.69) is 20.5 Å². The van der Waals surface area contributed by atoms with Crippen LogP contribution in [0.2, 0.25) is 0 Å². The summed E-state index contributed by atoms with van der Waals surface area (Å²) >= 11 is 0. The monoisotopic (exact) mass is 349 g/mol. The molecule has 0 radical (unpaired) electrons. The number of aliphatic imine (C=N–C) groups is 1. The second-order valence-corrected chi connectivity index (χ2v) is 8.12. The number of hydrogen-bond acceptors (Lipinski definition) is 3. The van der Waals surface area contributed by atoms with Crippen LogP contribution >= 0.6 is 0 Å². The van der Waals surface area contributed by atoms with Gasteiger partial charge in [-0.25, -0.2) is 4.99 Å². The molecule has 0 aromatic carbocycles. The van der Waals surface area contributed by atoms with E-state index in [1.165, 1.54) is 70.9 Å². The third kappa shape index (κ3) is 5.87. The molecule has 3 fully saturated rings. The van der Waals surface area contributed by atoms with Gasteiger partial charge in [0.25, 0.3) is 0 Å². The normalized spacial score (nSPS) is 24.2. The Morgan fingerprint density at radius 1 is 0.960 bits per heavy atom. The zero-order valence-electron chi connectivity index (χ0n) is 16.0. The van der Waals surface area contributed by atoms with Gasteiger partial charge in [-0.1, -0.05) is 19.3 Å². The molecule has 0 spiro atoms. The molecule has 1 aliphatic heterocycles. The Labute approximate surface area is 152 Å². The van der Waals surface area contributed by atoms with E-state index in [4.69, 9.17) is 0 Å². The molecule has 3 rings (SSSR count). The Morgan fingerprint density at radius 3 is 2.12 bits per heavy atom. The first-order valence-corrected chi connectivity index (χ1v) is 10.1. The minimum atomic E-state index is 0.0454. The van der Waals surface area contributed by atoms with E-state index in [1.54, 1.807) is 19.0 Å². The molecule has 2 aliphatic carbocycles. The Kier molecular flexibility index (Phi) is 6.57. The van der Waals surface area contributed by atoms with Gasteiger partial charge in [0.15, 0.2) is 5.96 Å². The van der Waals surface area contributed by atoms with Gasteiger partial charge in [0.1, 0.15) is 6.54 Å². The maximum absolute atomic E-state index is 11.8. The van der Waals surface area contributed by atoms with Crippen molar-refractivity contribution in [1.29, 1.82) is 0 Å². The number of rotatable bonds is 5. The fraction of sp³-hybridized carbons (Fsp3) is 0.895. The first-order valence-electron chi connectivity index (χ1n) is 10.1. The van der Waals surface area contributed by atoms with Gasteiger partial charge in [-0.05, 0) is 38.5 Å². The van der Waals surface area contributed by atoms with Crippen LogP contribution in [-0.4, -0.2) is 73.5 Å². The van der Waals surface area contributed by atoms with Gasteiger partial charge in [-0.2, -0.15) is 0 Å². The highest BCUT2D eigenvalue weighted by Gasteiger charge is 2.28. The van der Waals surface area contributed by atoms with Crippen molar-refractivity contribution < 1.29 is 4.79 Å². The van der Waals surface area contributed by atoms with Crippen molar-refractivity contribution in [3.63, 3.8) is 0 Å². The van der Waals surface area contributed by atoms with Crippen LogP contribution in [0, 0.1) is 0 Å². The molecule has 6 heteroatoms. The second kappa shape index (κ2) is 8.88. The molecule has 2 saturated carbocycles. The average Bonchev–Trinajstić information content (AvgIpc) is 3.44. The fourth-order valence-electron chi connectivity index (χ4n) is 3.89. The summed E-state index contributed by atoms with van der Waals surface area (Å²) in [7, 11) is 3.56. The number of carbonyl (C=O) groups is 1. The lowest BCUT2D eigenvalue weighted by Gasteiger charge is -2.39. The number of piperidine rings is 1. The highest BCUT2D eigenvalue weighted by atomic mass is 16.2. The highest BCUT2D eigenvalue weighted by Crippen LogP contribution is 2.25. The van der Waals surface area contributed by atoms with E-state index in [1.807, 2.05) is 0 Å². The second-order valence-electron chi connectivity index (χ2n) is 8.12. The van der Waals surface area contributed by atoms with E-state index in [9.17, 15) is 4.79 Å². The minimum absolute atomic E-state index is 0.0454. The smallest absolute Gasteiger partial charge is 0.243 e. The van der Waals surface area contributed by atoms with Crippen LogP contribution < -0.4 is 10.6 Å². The number of nitrogens with zero attached hydrogens (tertiary/aromatic N) is 3. The number of likely N-dealkylation sites (tertiary alicyclic amines) is 1. The third-order valence-electron chi connectivity index (χ3n) is 5.75. The zero-order valence-corrected chi connectivity index (χ0v) is 16.0. The molecule has 0 atom stereocenters. The lowest BCUT2D eigenvalue weighted by molar-refractivity contribution is -0.127. The maximum atomic E-state index is 11.8. The molecule has 25 heavy (non-hydrogen) atoms. The average molecular weight is 350 g/mol. The fourth-order valence-corrected chi connectivity index (χ4v) is 3.89. The molecule has 0 unspecified atom stereocenters. The molecule has 0 bridgehead atoms. The Balaban J connectivity index is 1.46. The Morgan fingerprint density at radius 2 is 1.56 bits per heavy atom. The lowest BCUT2D eigenvalue weighted by Crippen LogP contribution is -2.51. The Bertz CT molecular complexity index is 460. The van der Waals surface area contributed by atoms with Crippen LogP contribution in [0.4, 0.5) is 0 Å². The van der Waals surface area contributed by atoms with Crippen molar-refractivity contribution in [2.24, 2.45) is 4.99 Å². The predicted molar refractivity (Wildman–Crippen MR) is 102 cm³/mol. The van der Waals surface area contributed by atoms with Crippen molar-refractivity contribution in [1.82, 2.24) is 20.4 Å². The number of nitrogens with one attached hydrogen (secondary N) is 2. The van der Waals surface area contributed by atoms with Gasteiger partial charge in [-0.3, -0.25) is 4.79 Å². The predicted octanol–water partition coefficient (Wildman–Crippen LogP) is 1.57. The molecule has 142 valence electrons. The summed E-state index contributed by atoms with van der Waals surface area (Å²) in [6, 6.07) is 1.84. The molecule has 0 aromatic rings. The van der Waals surface area contributed by atoms with E-state index in [0.29, 0.717) is 12.1 Å². The summed E-state index contributed by atoms with van der Waals surface area (Å²) in [6.07, 6.45) is 11.8. The minimum Gasteiger partial charge on any atom is -0.354 e. The zero-order chi connectivity index (χ0) is 17.6. The summed E-state index contributed by atoms with van der Waals surface area (Å²) in [5.74, 6) is 0.873. The van der Waals surface area contributed by atoms with Crippen molar-refractivity contribution in [2.75, 3.05) is 33.7 Å². The summed E-state index contributed by atoms with van der Waals surface area (Å²) < 4.78 is 0. The molecule has 6 nitrogen and oxygen atoms in total. The summed E-state index contributed by atoms with van der Waals surface area (Å²) in [6.45, 7) is 2.60. The van der Waals surface area contributed by atoms with Gasteiger partial charge < -0.3 is 20.4 Å². The van der Waals surface area contributed by atoms with Crippen LogP contribution in [0.15, 0.2) is 4.99 Å². The standard InChI is InChI=1S/C19H35N5O/c1-23(2)18(25)14-20-19(21-15-8-9-15)22-16-10-12-24(13-11-16)17-6-4-3-5-7-17/h15-17H,3-14H2,1-2H3,(H2,20,21,22). The first kappa shape index (κ1) is 18.5. The number of likely N-dealkylation sites (N-methyl/N-ethyl adjacent to an activating group) is 1. The molecule has 1 heterocycles. The van der Waals surface area contributed by atoms with Crippen LogP contribution in [0.5, 0.6) is 0 Å². The quantitative estimate of drug-likeness (QED) is 0.584. The van der Waals surface area contributed by atoms with Crippen molar-refractivity contribution in [3.8, 4) is 0 Å². The largest absolute Gasteiger partial charge is 0.354 e. The molecule has 1 amide bonds. The van der Waals surface area contributed by atoms with Gasteiger partial charge in [0, 0.05) is 45.3 Å². The van der Waals surface area contributed by atoms with Crippen LogP contribution in [0.25, 0.3) is 0 Å². The maximum Gasteiger partial charge on any atom is 0.243 e. The van der Waals surface area contributed by atoms with Crippen LogP contribution in [0.1, 0.15) is 57.8 Å². The first-order chi connectivity index (χ1) is 12.1. The molecular formula is C19H35N5O. The summed E-state index contributed by atoms with van der Waals surface area (Å²) in [5.41, 5.74) is 0. The SMILES string of the molecule is CN(C)C(=O)CN=C(NC1CC1)NC1CCN(C2CCCCC2)CC1. The molecule has 1 saturated heterocycles. The van der Waals surface area contributed by atoms with Crippen molar-refractivity contribution >= 4 is 11.9 Å². The van der Waals surface area contributed by atoms with Crippen LogP contribution in [-0.2, 0) is 4.79 Å². The van der Waals surface area contributed by atoms with E-state index in [-0.39, 0.29) is 12.5 Å². The molecule has 0 aromatic heterocycles. The topological polar surface area (TPSA) is 60.0 Å². The summed E-state index contributed by atoms with van der Waals surface area (Å²) in [4.78, 5) is 20.6. The van der Waals surface area contributed by atoms with Gasteiger partial charge >= 0.3 is 0 Å². The van der Waals surface area contributed by atoms with E-state index >= 15 is 0 Å². The number of amides is 1. The Hall–Kier alpha value is -1.30. The number of guanidine groups is 1. The van der Waals surface area contributed by atoms with Crippen molar-refractivity contribution in [3.05, 3.63) is 0 Å². The number of hydrogen-bond donors (Lipinski definition) is 2. The molecule has 2 N–H and O–H groups in total. The van der Waals surface area contributed by atoms with Crippen molar-refractivity contribution in [2.45, 2.75) is 75.9 Å².